The Morgan fingerprint density at radius 3 is 2.49 bits per heavy atom. The molecular weight excluding hydrogens is 710 g/mol. The summed E-state index contributed by atoms with van der Waals surface area (Å²) >= 11 is 8.45. The van der Waals surface area contributed by atoms with Crippen LogP contribution in [0, 0.1) is 18.8 Å². The summed E-state index contributed by atoms with van der Waals surface area (Å²) in [6, 6.07) is 13.9. The summed E-state index contributed by atoms with van der Waals surface area (Å²) in [7, 11) is 3.84. The average molecular weight is 758 g/mol. The zero-order valence-corrected chi connectivity index (χ0v) is 32.5. The van der Waals surface area contributed by atoms with Gasteiger partial charge in [0.2, 0.25) is 11.7 Å². The monoisotopic (exact) mass is 757 g/mol. The van der Waals surface area contributed by atoms with Gasteiger partial charge in [0.15, 0.2) is 0 Å². The van der Waals surface area contributed by atoms with Gasteiger partial charge in [-0.05, 0) is 93.9 Å². The molecule has 0 atom stereocenters. The molecule has 11 nitrogen and oxygen atoms in total. The first-order valence-corrected chi connectivity index (χ1v) is 19.8. The lowest BCUT2D eigenvalue weighted by Gasteiger charge is -2.30. The highest BCUT2D eigenvalue weighted by Gasteiger charge is 2.31. The SMILES string of the molecule is CCN(C)CC(=O)N1Cc2nc(-c3cccc(-c4cccc(N(Cl)C(=O)c5nc6c(n5C)CCN(CCC5CCC(C(=O)O)CC5)C6)c4)c3C)sc2C1. The third kappa shape index (κ3) is 7.78. The average Bonchev–Trinajstić information content (AvgIpc) is 3.85. The van der Waals surface area contributed by atoms with Crippen molar-refractivity contribution in [2.75, 3.05) is 37.6 Å². The summed E-state index contributed by atoms with van der Waals surface area (Å²) in [5, 5.41) is 10.3. The second-order valence-corrected chi connectivity index (χ2v) is 16.3. The van der Waals surface area contributed by atoms with Gasteiger partial charge in [-0.1, -0.05) is 37.3 Å². The number of imidazole rings is 1. The summed E-state index contributed by atoms with van der Waals surface area (Å²) in [5.74, 6) is -0.216. The van der Waals surface area contributed by atoms with Gasteiger partial charge in [0.25, 0.3) is 0 Å². The lowest BCUT2D eigenvalue weighted by atomic mass is 9.80. The van der Waals surface area contributed by atoms with Crippen LogP contribution in [0.5, 0.6) is 0 Å². The molecule has 2 aromatic heterocycles. The predicted octanol–water partition coefficient (Wildman–Crippen LogP) is 6.75. The highest BCUT2D eigenvalue weighted by Crippen LogP contribution is 2.39. The van der Waals surface area contributed by atoms with E-state index >= 15 is 0 Å². The fraction of sp³-hybridized carbons (Fsp3) is 0.475. The molecule has 0 saturated heterocycles. The van der Waals surface area contributed by atoms with Crippen molar-refractivity contribution in [2.24, 2.45) is 18.9 Å². The molecule has 1 N–H and O–H groups in total. The van der Waals surface area contributed by atoms with Crippen LogP contribution in [0.15, 0.2) is 42.5 Å². The molecule has 1 aliphatic carbocycles. The summed E-state index contributed by atoms with van der Waals surface area (Å²) in [4.78, 5) is 55.2. The molecule has 2 aromatic carbocycles. The van der Waals surface area contributed by atoms with E-state index in [0.717, 1.165) is 107 Å². The number of halogens is 1. The molecule has 4 heterocycles. The number of nitrogens with zero attached hydrogens (tertiary/aromatic N) is 7. The van der Waals surface area contributed by atoms with Gasteiger partial charge < -0.3 is 14.6 Å². The number of hydrogen-bond acceptors (Lipinski definition) is 8. The lowest BCUT2D eigenvalue weighted by Crippen LogP contribution is -2.35. The summed E-state index contributed by atoms with van der Waals surface area (Å²) < 4.78 is 3.05. The van der Waals surface area contributed by atoms with Crippen molar-refractivity contribution in [1.82, 2.24) is 29.2 Å². The first-order valence-electron chi connectivity index (χ1n) is 18.7. The van der Waals surface area contributed by atoms with E-state index in [9.17, 15) is 19.5 Å². The van der Waals surface area contributed by atoms with E-state index in [2.05, 4.69) is 24.0 Å². The third-order valence-corrected chi connectivity index (χ3v) is 12.9. The quantitative estimate of drug-likeness (QED) is 0.167. The maximum absolute atomic E-state index is 13.8. The number of likely N-dealkylation sites (N-methyl/N-ethyl adjacent to an activating group) is 1. The van der Waals surface area contributed by atoms with Crippen molar-refractivity contribution >= 4 is 46.6 Å². The van der Waals surface area contributed by atoms with Crippen molar-refractivity contribution in [1.29, 1.82) is 0 Å². The Morgan fingerprint density at radius 2 is 1.75 bits per heavy atom. The number of carboxylic acid groups (broad SMARTS) is 1. The van der Waals surface area contributed by atoms with Crippen LogP contribution < -0.4 is 4.42 Å². The van der Waals surface area contributed by atoms with Gasteiger partial charge in [0, 0.05) is 54.5 Å². The number of hydrogen-bond donors (Lipinski definition) is 1. The molecule has 3 aliphatic rings. The van der Waals surface area contributed by atoms with Gasteiger partial charge >= 0.3 is 11.9 Å². The third-order valence-electron chi connectivity index (χ3n) is 11.5. The topological polar surface area (TPSA) is 115 Å². The van der Waals surface area contributed by atoms with E-state index in [1.54, 1.807) is 11.3 Å². The Hall–Kier alpha value is -4.10. The van der Waals surface area contributed by atoms with Crippen LogP contribution in [-0.4, -0.2) is 85.4 Å². The van der Waals surface area contributed by atoms with Crippen LogP contribution >= 0.6 is 23.1 Å². The second kappa shape index (κ2) is 15.7. The zero-order valence-electron chi connectivity index (χ0n) is 31.0. The van der Waals surface area contributed by atoms with Crippen LogP contribution in [0.4, 0.5) is 5.69 Å². The van der Waals surface area contributed by atoms with Crippen molar-refractivity contribution in [2.45, 2.75) is 72.0 Å². The predicted molar refractivity (Wildman–Crippen MR) is 208 cm³/mol. The van der Waals surface area contributed by atoms with Crippen molar-refractivity contribution in [3.8, 4) is 21.7 Å². The number of rotatable bonds is 11. The van der Waals surface area contributed by atoms with Crippen LogP contribution in [-0.2, 0) is 42.7 Å². The van der Waals surface area contributed by atoms with E-state index in [0.29, 0.717) is 43.6 Å². The molecule has 53 heavy (non-hydrogen) atoms. The summed E-state index contributed by atoms with van der Waals surface area (Å²) in [6.07, 6.45) is 5.36. The number of carboxylic acids is 1. The molecule has 0 spiro atoms. The number of carbonyl (C=O) groups excluding carboxylic acids is 2. The van der Waals surface area contributed by atoms with Gasteiger partial charge in [-0.25, -0.2) is 14.4 Å². The maximum atomic E-state index is 13.8. The van der Waals surface area contributed by atoms with E-state index < -0.39 is 5.97 Å². The second-order valence-electron chi connectivity index (χ2n) is 14.8. The Kier molecular flexibility index (Phi) is 11.0. The molecule has 1 fully saturated rings. The number of anilines is 1. The Bertz CT molecular complexity index is 2000. The summed E-state index contributed by atoms with van der Waals surface area (Å²) in [6.45, 7) is 9.04. The van der Waals surface area contributed by atoms with Gasteiger partial charge in [-0.2, -0.15) is 0 Å². The molecule has 2 aliphatic heterocycles. The van der Waals surface area contributed by atoms with Crippen LogP contribution in [0.3, 0.4) is 0 Å². The van der Waals surface area contributed by atoms with E-state index in [1.807, 2.05) is 65.7 Å². The van der Waals surface area contributed by atoms with Crippen molar-refractivity contribution in [3.05, 3.63) is 75.8 Å². The van der Waals surface area contributed by atoms with Gasteiger partial charge in [0.05, 0.1) is 42.6 Å². The lowest BCUT2D eigenvalue weighted by molar-refractivity contribution is -0.143. The van der Waals surface area contributed by atoms with Gasteiger partial charge in [-0.3, -0.25) is 24.2 Å². The minimum Gasteiger partial charge on any atom is -0.481 e. The van der Waals surface area contributed by atoms with Crippen LogP contribution in [0.25, 0.3) is 21.7 Å². The fourth-order valence-electron chi connectivity index (χ4n) is 7.98. The largest absolute Gasteiger partial charge is 0.481 e. The van der Waals surface area contributed by atoms with Crippen LogP contribution in [0.2, 0.25) is 0 Å². The van der Waals surface area contributed by atoms with Gasteiger partial charge in [-0.15, -0.1) is 11.3 Å². The fourth-order valence-corrected chi connectivity index (χ4v) is 9.33. The molecule has 2 amide bonds. The highest BCUT2D eigenvalue weighted by atomic mass is 35.5. The molecule has 7 rings (SSSR count). The molecule has 0 radical (unpaired) electrons. The molecule has 0 bridgehead atoms. The maximum Gasteiger partial charge on any atom is 0.308 e. The highest BCUT2D eigenvalue weighted by molar-refractivity contribution is 7.15. The number of carbonyl (C=O) groups is 3. The molecular formula is C40H48ClN7O4S. The minimum absolute atomic E-state index is 0.126. The zero-order chi connectivity index (χ0) is 37.4. The van der Waals surface area contributed by atoms with E-state index in [-0.39, 0.29) is 17.7 Å². The van der Waals surface area contributed by atoms with Crippen LogP contribution in [0.1, 0.15) is 77.2 Å². The molecule has 0 unspecified atom stereocenters. The number of fused-ring (bicyclic) bond motifs is 2. The smallest absolute Gasteiger partial charge is 0.308 e. The molecule has 13 heteroatoms. The number of thiazole rings is 1. The van der Waals surface area contributed by atoms with E-state index in [4.69, 9.17) is 21.7 Å². The van der Waals surface area contributed by atoms with Crippen molar-refractivity contribution in [3.63, 3.8) is 0 Å². The first-order chi connectivity index (χ1) is 25.5. The van der Waals surface area contributed by atoms with E-state index in [1.165, 1.54) is 4.42 Å². The number of amides is 2. The normalized spacial score (nSPS) is 18.6. The first kappa shape index (κ1) is 37.2. The standard InChI is InChI=1S/C40H48ClN7O4S/c1-5-44(3)24-36(49)47-22-33-35(23-47)53-38(43-33)31-11-7-10-30(25(31)2)28-8-6-9-29(20-28)48(41)39(50)37-42-32-21-46(19-17-34(32)45(37)4)18-16-26-12-14-27(15-13-26)40(51)52/h6-11,20,26-27H,5,12-19,21-24H2,1-4H3,(H,51,52). The molecule has 280 valence electrons. The van der Waals surface area contributed by atoms with Gasteiger partial charge in [0.1, 0.15) is 5.01 Å². The number of aromatic nitrogens is 3. The molecule has 4 aromatic rings. The van der Waals surface area contributed by atoms with Crippen molar-refractivity contribution < 1.29 is 19.5 Å². The Balaban J connectivity index is 1.01. The Morgan fingerprint density at radius 1 is 1.00 bits per heavy atom. The number of aliphatic carboxylic acids is 1. The molecule has 1 saturated carbocycles. The number of benzene rings is 2. The Labute approximate surface area is 320 Å². The minimum atomic E-state index is -0.661. The summed E-state index contributed by atoms with van der Waals surface area (Å²) in [5.41, 5.74) is 7.61.